The summed E-state index contributed by atoms with van der Waals surface area (Å²) >= 11 is 0. The number of carboxylic acids is 1. The Labute approximate surface area is 174 Å². The van der Waals surface area contributed by atoms with Gasteiger partial charge >= 0.3 is 11.9 Å². The highest BCUT2D eigenvalue weighted by molar-refractivity contribution is 5.97. The van der Waals surface area contributed by atoms with Crippen LogP contribution in [0.5, 0.6) is 11.5 Å². The van der Waals surface area contributed by atoms with Gasteiger partial charge in [0.25, 0.3) is 0 Å². The van der Waals surface area contributed by atoms with Crippen LogP contribution in [0.25, 0.3) is 0 Å². The number of phenolic OH excluding ortho intramolecular Hbond substituents is 1. The van der Waals surface area contributed by atoms with E-state index in [1.54, 1.807) is 24.3 Å². The molecule has 0 bridgehead atoms. The molecule has 0 radical (unpaired) electrons. The maximum Gasteiger partial charge on any atom is 0.343 e. The lowest BCUT2D eigenvalue weighted by Gasteiger charge is -2.26. The Kier molecular flexibility index (Phi) is 4.82. The van der Waals surface area contributed by atoms with E-state index in [1.807, 2.05) is 24.3 Å². The Balaban J connectivity index is 1.53. The molecule has 3 aromatic carbocycles. The molecule has 152 valence electrons. The van der Waals surface area contributed by atoms with Crippen LogP contribution in [0.1, 0.15) is 56.8 Å². The summed E-state index contributed by atoms with van der Waals surface area (Å²) < 4.78 is 5.54. The Morgan fingerprint density at radius 2 is 1.30 bits per heavy atom. The first-order chi connectivity index (χ1) is 14.3. The van der Waals surface area contributed by atoms with Gasteiger partial charge in [-0.05, 0) is 71.5 Å². The van der Waals surface area contributed by atoms with Gasteiger partial charge in [-0.2, -0.15) is 0 Å². The van der Waals surface area contributed by atoms with Gasteiger partial charge in [-0.1, -0.05) is 38.1 Å². The number of phenols is 1. The Morgan fingerprint density at radius 1 is 0.800 bits per heavy atom. The Hall–Kier alpha value is -3.60. The highest BCUT2D eigenvalue weighted by Crippen LogP contribution is 2.34. The number of ether oxygens (including phenoxy) is 1. The van der Waals surface area contributed by atoms with Crippen LogP contribution in [0.15, 0.2) is 60.7 Å². The predicted molar refractivity (Wildman–Crippen MR) is 112 cm³/mol. The number of rotatable bonds is 5. The first-order valence-corrected chi connectivity index (χ1v) is 9.77. The van der Waals surface area contributed by atoms with Crippen molar-refractivity contribution >= 4 is 11.9 Å². The second-order valence-corrected chi connectivity index (χ2v) is 8.01. The van der Waals surface area contributed by atoms with Crippen LogP contribution in [0.4, 0.5) is 0 Å². The van der Waals surface area contributed by atoms with E-state index in [2.05, 4.69) is 13.8 Å². The van der Waals surface area contributed by atoms with Crippen molar-refractivity contribution < 1.29 is 24.5 Å². The molecule has 0 spiro atoms. The minimum atomic E-state index is -0.974. The van der Waals surface area contributed by atoms with Crippen molar-refractivity contribution in [1.29, 1.82) is 0 Å². The summed E-state index contributed by atoms with van der Waals surface area (Å²) in [6.07, 6.45) is 1.35. The highest BCUT2D eigenvalue weighted by atomic mass is 16.5. The topological polar surface area (TPSA) is 83.8 Å². The Morgan fingerprint density at radius 3 is 1.83 bits per heavy atom. The molecule has 5 nitrogen and oxygen atoms in total. The molecule has 30 heavy (non-hydrogen) atoms. The molecule has 0 saturated heterocycles. The fourth-order valence-corrected chi connectivity index (χ4v) is 3.88. The molecule has 0 atom stereocenters. The fraction of sp³-hybridized carbons (Fsp3) is 0.200. The number of fused-ring (bicyclic) bond motifs is 1. The molecule has 0 aliphatic heterocycles. The molecule has 0 unspecified atom stereocenters. The molecule has 3 aromatic rings. The second kappa shape index (κ2) is 7.34. The van der Waals surface area contributed by atoms with Crippen molar-refractivity contribution in [3.05, 3.63) is 94.0 Å². The fourth-order valence-electron chi connectivity index (χ4n) is 3.88. The van der Waals surface area contributed by atoms with Crippen LogP contribution in [-0.2, 0) is 18.3 Å². The van der Waals surface area contributed by atoms with Gasteiger partial charge < -0.3 is 14.9 Å². The third-order valence-electron chi connectivity index (χ3n) is 5.88. The van der Waals surface area contributed by atoms with Gasteiger partial charge in [-0.15, -0.1) is 0 Å². The SMILES string of the molecule is CC(C)(c1ccc(O)cc1)c1ccc(OC(=O)c2ccc(C(=O)O)c3c2CC3)cc1. The van der Waals surface area contributed by atoms with Gasteiger partial charge in [0.1, 0.15) is 11.5 Å². The first-order valence-electron chi connectivity index (χ1n) is 9.77. The maximum atomic E-state index is 12.6. The van der Waals surface area contributed by atoms with E-state index in [0.29, 0.717) is 24.2 Å². The molecule has 0 fully saturated rings. The monoisotopic (exact) mass is 402 g/mol. The number of hydrogen-bond acceptors (Lipinski definition) is 4. The maximum absolute atomic E-state index is 12.6. The Bertz CT molecular complexity index is 1130. The zero-order chi connectivity index (χ0) is 21.5. The number of carbonyl (C=O) groups is 2. The van der Waals surface area contributed by atoms with Crippen molar-refractivity contribution in [1.82, 2.24) is 0 Å². The average molecular weight is 402 g/mol. The lowest BCUT2D eigenvalue weighted by Crippen LogP contribution is -2.22. The van der Waals surface area contributed by atoms with Gasteiger partial charge in [-0.3, -0.25) is 0 Å². The zero-order valence-electron chi connectivity index (χ0n) is 16.8. The van der Waals surface area contributed by atoms with Crippen LogP contribution in [0.3, 0.4) is 0 Å². The molecule has 4 rings (SSSR count). The summed E-state index contributed by atoms with van der Waals surface area (Å²) in [5, 5.41) is 18.8. The molecule has 5 heteroatoms. The first kappa shape index (κ1) is 19.7. The largest absolute Gasteiger partial charge is 0.508 e. The van der Waals surface area contributed by atoms with Crippen LogP contribution in [0, 0.1) is 0 Å². The summed E-state index contributed by atoms with van der Waals surface area (Å²) in [4.78, 5) is 23.9. The number of aromatic hydroxyl groups is 1. The molecule has 1 aliphatic rings. The second-order valence-electron chi connectivity index (χ2n) is 8.01. The molecule has 0 amide bonds. The number of carbonyl (C=O) groups excluding carboxylic acids is 1. The number of aromatic carboxylic acids is 1. The third kappa shape index (κ3) is 3.43. The summed E-state index contributed by atoms with van der Waals surface area (Å²) in [7, 11) is 0. The van der Waals surface area contributed by atoms with Crippen LogP contribution >= 0.6 is 0 Å². The van der Waals surface area contributed by atoms with E-state index >= 15 is 0 Å². The predicted octanol–water partition coefficient (Wildman–Crippen LogP) is 4.73. The van der Waals surface area contributed by atoms with E-state index in [0.717, 1.165) is 22.3 Å². The number of esters is 1. The number of benzene rings is 3. The van der Waals surface area contributed by atoms with E-state index in [4.69, 9.17) is 4.74 Å². The van der Waals surface area contributed by atoms with Crippen molar-refractivity contribution in [2.45, 2.75) is 32.1 Å². The standard InChI is InChI=1S/C25H22O5/c1-25(2,15-3-7-17(26)8-4-15)16-5-9-18(10-6-16)30-24(29)22-14-13-21(23(27)28)19-11-12-20(19)22/h3-10,13-14,26H,11-12H2,1-2H3,(H,27,28). The van der Waals surface area contributed by atoms with E-state index in [-0.39, 0.29) is 16.7 Å². The summed E-state index contributed by atoms with van der Waals surface area (Å²) in [6.45, 7) is 4.18. The molecule has 0 aromatic heterocycles. The van der Waals surface area contributed by atoms with E-state index in [9.17, 15) is 19.8 Å². The summed E-state index contributed by atoms with van der Waals surface area (Å²) in [5.74, 6) is -0.796. The van der Waals surface area contributed by atoms with Gasteiger partial charge in [0.05, 0.1) is 11.1 Å². The molecule has 1 aliphatic carbocycles. The molecule has 2 N–H and O–H groups in total. The van der Waals surface area contributed by atoms with Gasteiger partial charge in [0.15, 0.2) is 0 Å². The normalized spacial score (nSPS) is 12.6. The van der Waals surface area contributed by atoms with Gasteiger partial charge in [0.2, 0.25) is 0 Å². The van der Waals surface area contributed by atoms with E-state index in [1.165, 1.54) is 12.1 Å². The van der Waals surface area contributed by atoms with Gasteiger partial charge in [-0.25, -0.2) is 9.59 Å². The van der Waals surface area contributed by atoms with Crippen LogP contribution < -0.4 is 4.74 Å². The third-order valence-corrected chi connectivity index (χ3v) is 5.88. The van der Waals surface area contributed by atoms with Crippen molar-refractivity contribution in [3.63, 3.8) is 0 Å². The molecule has 0 heterocycles. The summed E-state index contributed by atoms with van der Waals surface area (Å²) in [5.41, 5.74) is 3.99. The van der Waals surface area contributed by atoms with Crippen LogP contribution in [-0.4, -0.2) is 22.2 Å². The van der Waals surface area contributed by atoms with Crippen molar-refractivity contribution in [2.24, 2.45) is 0 Å². The zero-order valence-corrected chi connectivity index (χ0v) is 16.8. The van der Waals surface area contributed by atoms with Crippen LogP contribution in [0.2, 0.25) is 0 Å². The molecule has 0 saturated carbocycles. The van der Waals surface area contributed by atoms with Crippen molar-refractivity contribution in [2.75, 3.05) is 0 Å². The smallest absolute Gasteiger partial charge is 0.343 e. The number of carboxylic acid groups (broad SMARTS) is 1. The minimum absolute atomic E-state index is 0.226. The van der Waals surface area contributed by atoms with E-state index < -0.39 is 11.9 Å². The highest BCUT2D eigenvalue weighted by Gasteiger charge is 2.28. The molecular weight excluding hydrogens is 380 g/mol. The average Bonchev–Trinajstić information content (AvgIpc) is 2.69. The lowest BCUT2D eigenvalue weighted by molar-refractivity contribution is 0.0688. The lowest BCUT2D eigenvalue weighted by atomic mass is 9.78. The minimum Gasteiger partial charge on any atom is -0.508 e. The van der Waals surface area contributed by atoms with Gasteiger partial charge in [0, 0.05) is 5.41 Å². The quantitative estimate of drug-likeness (QED) is 0.476. The molecular formula is C25H22O5. The summed E-state index contributed by atoms with van der Waals surface area (Å²) in [6, 6.07) is 17.5. The number of hydrogen-bond donors (Lipinski definition) is 2. The van der Waals surface area contributed by atoms with Crippen molar-refractivity contribution in [3.8, 4) is 11.5 Å².